The first-order valence-electron chi connectivity index (χ1n) is 5.12. The lowest BCUT2D eigenvalue weighted by Crippen LogP contribution is -2.31. The average molecular weight is 257 g/mol. The molecule has 94 valence electrons. The first-order valence-corrected chi connectivity index (χ1v) is 5.94. The Morgan fingerprint density at radius 2 is 2.18 bits per heavy atom. The number of ether oxygens (including phenoxy) is 2. The van der Waals surface area contributed by atoms with Gasteiger partial charge in [0.2, 0.25) is 0 Å². The van der Waals surface area contributed by atoms with Crippen LogP contribution in [0.15, 0.2) is 12.1 Å². The summed E-state index contributed by atoms with van der Waals surface area (Å²) in [5.41, 5.74) is 0. The van der Waals surface area contributed by atoms with Crippen molar-refractivity contribution in [3.63, 3.8) is 0 Å². The molecule has 0 atom stereocenters. The number of carbonyl (C=O) groups is 2. The van der Waals surface area contributed by atoms with Gasteiger partial charge in [0, 0.05) is 18.5 Å². The molecule has 0 saturated heterocycles. The summed E-state index contributed by atoms with van der Waals surface area (Å²) in [6.45, 7) is 2.48. The van der Waals surface area contributed by atoms with E-state index in [0.717, 1.165) is 4.88 Å². The number of thiophene rings is 1. The molecule has 1 aromatic rings. The lowest BCUT2D eigenvalue weighted by molar-refractivity contribution is -0.124. The Morgan fingerprint density at radius 1 is 1.41 bits per heavy atom. The van der Waals surface area contributed by atoms with Crippen LogP contribution in [0.5, 0.6) is 0 Å². The molecular weight excluding hydrogens is 242 g/mol. The van der Waals surface area contributed by atoms with Crippen LogP contribution < -0.4 is 5.32 Å². The number of amides is 1. The number of methoxy groups -OCH3 is 1. The van der Waals surface area contributed by atoms with Crippen LogP contribution >= 0.6 is 11.3 Å². The van der Waals surface area contributed by atoms with Gasteiger partial charge in [0.1, 0.15) is 4.88 Å². The fourth-order valence-corrected chi connectivity index (χ4v) is 1.85. The molecule has 0 bridgehead atoms. The Morgan fingerprint density at radius 3 is 2.76 bits per heavy atom. The highest BCUT2D eigenvalue weighted by atomic mass is 32.1. The summed E-state index contributed by atoms with van der Waals surface area (Å²) < 4.78 is 9.62. The number of nitrogens with one attached hydrogen (secondary N) is 1. The Hall–Kier alpha value is -1.40. The fourth-order valence-electron chi connectivity index (χ4n) is 1.09. The molecule has 0 saturated carbocycles. The third kappa shape index (κ3) is 4.97. The first-order chi connectivity index (χ1) is 8.13. The Labute approximate surface area is 104 Å². The van der Waals surface area contributed by atoms with Crippen molar-refractivity contribution in [3.8, 4) is 0 Å². The summed E-state index contributed by atoms with van der Waals surface area (Å²) in [5.74, 6) is -0.798. The molecule has 0 aromatic carbocycles. The molecule has 1 aromatic heterocycles. The minimum Gasteiger partial charge on any atom is -0.451 e. The van der Waals surface area contributed by atoms with Crippen LogP contribution in [-0.2, 0) is 14.3 Å². The molecule has 0 unspecified atom stereocenters. The van der Waals surface area contributed by atoms with Gasteiger partial charge in [0.15, 0.2) is 6.61 Å². The molecule has 17 heavy (non-hydrogen) atoms. The van der Waals surface area contributed by atoms with Gasteiger partial charge >= 0.3 is 5.97 Å². The maximum Gasteiger partial charge on any atom is 0.348 e. The second-order valence-corrected chi connectivity index (χ2v) is 4.62. The van der Waals surface area contributed by atoms with Crippen LogP contribution in [0.4, 0.5) is 0 Å². The fraction of sp³-hybridized carbons (Fsp3) is 0.455. The van der Waals surface area contributed by atoms with Gasteiger partial charge in [-0.2, -0.15) is 0 Å². The van der Waals surface area contributed by atoms with Gasteiger partial charge in [0.05, 0.1) is 6.61 Å². The largest absolute Gasteiger partial charge is 0.451 e. The van der Waals surface area contributed by atoms with Crippen molar-refractivity contribution in [2.45, 2.75) is 6.92 Å². The smallest absolute Gasteiger partial charge is 0.348 e. The van der Waals surface area contributed by atoms with Gasteiger partial charge in [0.25, 0.3) is 5.91 Å². The highest BCUT2D eigenvalue weighted by Gasteiger charge is 2.11. The van der Waals surface area contributed by atoms with Crippen LogP contribution in [0.3, 0.4) is 0 Å². The SMILES string of the molecule is COCCNC(=O)COC(=O)c1ccc(C)s1. The topological polar surface area (TPSA) is 64.6 Å². The van der Waals surface area contributed by atoms with Gasteiger partial charge < -0.3 is 14.8 Å². The molecule has 0 aliphatic heterocycles. The Balaban J connectivity index is 2.26. The first kappa shape index (κ1) is 13.7. The summed E-state index contributed by atoms with van der Waals surface area (Å²) in [5, 5.41) is 2.56. The predicted octanol–water partition coefficient (Wildman–Crippen LogP) is 0.976. The number of carbonyl (C=O) groups excluding carboxylic acids is 2. The highest BCUT2D eigenvalue weighted by Crippen LogP contribution is 2.15. The molecule has 0 aliphatic carbocycles. The maximum atomic E-state index is 11.5. The van der Waals surface area contributed by atoms with Crippen molar-refractivity contribution in [2.75, 3.05) is 26.9 Å². The second-order valence-electron chi connectivity index (χ2n) is 3.33. The van der Waals surface area contributed by atoms with E-state index in [9.17, 15) is 9.59 Å². The lowest BCUT2D eigenvalue weighted by Gasteiger charge is -2.04. The third-order valence-electron chi connectivity index (χ3n) is 1.90. The molecule has 0 fully saturated rings. The van der Waals surface area contributed by atoms with Crippen molar-refractivity contribution in [2.24, 2.45) is 0 Å². The molecular formula is C11H15NO4S. The van der Waals surface area contributed by atoms with Gasteiger partial charge in [-0.05, 0) is 19.1 Å². The van der Waals surface area contributed by atoms with E-state index in [1.165, 1.54) is 11.3 Å². The second kappa shape index (κ2) is 7.03. The van der Waals surface area contributed by atoms with Crippen molar-refractivity contribution in [1.82, 2.24) is 5.32 Å². The van der Waals surface area contributed by atoms with E-state index < -0.39 is 5.97 Å². The Bertz CT molecular complexity index is 389. The van der Waals surface area contributed by atoms with Crippen molar-refractivity contribution >= 4 is 23.2 Å². The van der Waals surface area contributed by atoms with Gasteiger partial charge in [-0.1, -0.05) is 0 Å². The zero-order chi connectivity index (χ0) is 12.7. The summed E-state index contributed by atoms with van der Waals surface area (Å²) >= 11 is 1.34. The summed E-state index contributed by atoms with van der Waals surface area (Å²) in [6, 6.07) is 3.52. The summed E-state index contributed by atoms with van der Waals surface area (Å²) in [7, 11) is 1.55. The highest BCUT2D eigenvalue weighted by molar-refractivity contribution is 7.13. The number of hydrogen-bond acceptors (Lipinski definition) is 5. The van der Waals surface area contributed by atoms with E-state index in [4.69, 9.17) is 9.47 Å². The van der Waals surface area contributed by atoms with Gasteiger partial charge in [-0.25, -0.2) is 4.79 Å². The normalized spacial score (nSPS) is 10.0. The quantitative estimate of drug-likeness (QED) is 0.609. The van der Waals surface area contributed by atoms with Crippen LogP contribution in [0, 0.1) is 6.92 Å². The Kier molecular flexibility index (Phi) is 5.65. The zero-order valence-corrected chi connectivity index (χ0v) is 10.6. The number of aryl methyl sites for hydroxylation is 1. The minimum atomic E-state index is -0.468. The molecule has 6 heteroatoms. The van der Waals surface area contributed by atoms with E-state index in [0.29, 0.717) is 18.0 Å². The molecule has 1 heterocycles. The molecule has 1 N–H and O–H groups in total. The van der Waals surface area contributed by atoms with Crippen molar-refractivity contribution in [3.05, 3.63) is 21.9 Å². The van der Waals surface area contributed by atoms with E-state index in [2.05, 4.69) is 5.32 Å². The number of esters is 1. The van der Waals surface area contributed by atoms with E-state index >= 15 is 0 Å². The van der Waals surface area contributed by atoms with Crippen LogP contribution in [0.1, 0.15) is 14.5 Å². The average Bonchev–Trinajstić information content (AvgIpc) is 2.73. The molecule has 5 nitrogen and oxygen atoms in total. The number of rotatable bonds is 6. The molecule has 1 rings (SSSR count). The molecule has 0 spiro atoms. The van der Waals surface area contributed by atoms with E-state index in [1.54, 1.807) is 13.2 Å². The van der Waals surface area contributed by atoms with E-state index in [-0.39, 0.29) is 12.5 Å². The maximum absolute atomic E-state index is 11.5. The predicted molar refractivity (Wildman–Crippen MR) is 64.2 cm³/mol. The standard InChI is InChI=1S/C11H15NO4S/c1-8-3-4-9(17-8)11(14)16-7-10(13)12-5-6-15-2/h3-4H,5-7H2,1-2H3,(H,12,13). The van der Waals surface area contributed by atoms with Crippen LogP contribution in [0.25, 0.3) is 0 Å². The molecule has 0 aliphatic rings. The minimum absolute atomic E-state index is 0.264. The lowest BCUT2D eigenvalue weighted by atomic mass is 10.4. The van der Waals surface area contributed by atoms with Crippen LogP contribution in [-0.4, -0.2) is 38.7 Å². The molecule has 1 amide bonds. The number of hydrogen-bond donors (Lipinski definition) is 1. The van der Waals surface area contributed by atoms with Crippen LogP contribution in [0.2, 0.25) is 0 Å². The summed E-state index contributed by atoms with van der Waals surface area (Å²) in [6.07, 6.45) is 0. The van der Waals surface area contributed by atoms with Crippen molar-refractivity contribution < 1.29 is 19.1 Å². The van der Waals surface area contributed by atoms with Gasteiger partial charge in [-0.3, -0.25) is 4.79 Å². The zero-order valence-electron chi connectivity index (χ0n) is 9.82. The monoisotopic (exact) mass is 257 g/mol. The van der Waals surface area contributed by atoms with Gasteiger partial charge in [-0.15, -0.1) is 11.3 Å². The van der Waals surface area contributed by atoms with Crippen molar-refractivity contribution in [1.29, 1.82) is 0 Å². The third-order valence-corrected chi connectivity index (χ3v) is 2.88. The van der Waals surface area contributed by atoms with E-state index in [1.807, 2.05) is 13.0 Å². The molecule has 0 radical (unpaired) electrons. The summed E-state index contributed by atoms with van der Waals surface area (Å²) in [4.78, 5) is 24.2.